The van der Waals surface area contributed by atoms with Crippen LogP contribution in [-0.2, 0) is 4.74 Å². The Morgan fingerprint density at radius 1 is 1.33 bits per heavy atom. The van der Waals surface area contributed by atoms with Crippen LogP contribution in [0.1, 0.15) is 38.8 Å². The molecule has 5 heteroatoms. The summed E-state index contributed by atoms with van der Waals surface area (Å²) in [5.74, 6) is -0.0995. The van der Waals surface area contributed by atoms with Gasteiger partial charge in [0.1, 0.15) is 6.10 Å². The molecule has 1 aromatic heterocycles. The number of carbonyl (C=O) groups excluding carboxylic acids is 2. The minimum atomic E-state index is -0.440. The van der Waals surface area contributed by atoms with E-state index in [4.69, 9.17) is 9.47 Å². The molecule has 1 aliphatic rings. The molecule has 0 unspecified atom stereocenters. The lowest BCUT2D eigenvalue weighted by Crippen LogP contribution is -2.21. The molecule has 2 heterocycles. The van der Waals surface area contributed by atoms with Crippen LogP contribution in [0.5, 0.6) is 5.88 Å². The molecular formula is C16H13NO4. The van der Waals surface area contributed by atoms with Gasteiger partial charge in [-0.1, -0.05) is 12.1 Å². The smallest absolute Gasteiger partial charge is 0.337 e. The fraction of sp³-hybridized carbons (Fsp3) is 0.188. The summed E-state index contributed by atoms with van der Waals surface area (Å²) in [6.07, 6.45) is 1.37. The highest BCUT2D eigenvalue weighted by atomic mass is 16.5. The van der Waals surface area contributed by atoms with Gasteiger partial charge in [0.2, 0.25) is 5.88 Å². The van der Waals surface area contributed by atoms with Crippen molar-refractivity contribution < 1.29 is 19.1 Å². The van der Waals surface area contributed by atoms with E-state index in [0.29, 0.717) is 17.0 Å². The summed E-state index contributed by atoms with van der Waals surface area (Å²) >= 11 is 0. The lowest BCUT2D eigenvalue weighted by molar-refractivity contribution is 0.0600. The van der Waals surface area contributed by atoms with Gasteiger partial charge in [-0.3, -0.25) is 4.79 Å². The molecule has 0 fully saturated rings. The Hall–Kier alpha value is -2.69. The first-order chi connectivity index (χ1) is 10.2. The fourth-order valence-corrected chi connectivity index (χ4v) is 2.32. The van der Waals surface area contributed by atoms with Crippen LogP contribution >= 0.6 is 0 Å². The lowest BCUT2D eigenvalue weighted by Gasteiger charge is -2.24. The van der Waals surface area contributed by atoms with Crippen LogP contribution in [0, 0.1) is 0 Å². The Bertz CT molecular complexity index is 711. The van der Waals surface area contributed by atoms with E-state index in [2.05, 4.69) is 4.98 Å². The Labute approximate surface area is 121 Å². The van der Waals surface area contributed by atoms with Crippen LogP contribution in [0.2, 0.25) is 0 Å². The zero-order chi connectivity index (χ0) is 14.8. The quantitative estimate of drug-likeness (QED) is 0.792. The molecule has 2 aromatic rings. The molecule has 1 aliphatic heterocycles. The summed E-state index contributed by atoms with van der Waals surface area (Å²) in [4.78, 5) is 27.8. The summed E-state index contributed by atoms with van der Waals surface area (Å²) in [6, 6.07) is 10.3. The number of pyridine rings is 1. The minimum Gasteiger partial charge on any atom is -0.468 e. The molecule has 1 aromatic carbocycles. The van der Waals surface area contributed by atoms with Gasteiger partial charge in [-0.05, 0) is 29.8 Å². The number of ketones is 1. The average Bonchev–Trinajstić information content (AvgIpc) is 2.54. The van der Waals surface area contributed by atoms with Gasteiger partial charge in [-0.15, -0.1) is 0 Å². The van der Waals surface area contributed by atoms with Gasteiger partial charge in [0.25, 0.3) is 0 Å². The fourth-order valence-electron chi connectivity index (χ4n) is 2.32. The summed E-state index contributed by atoms with van der Waals surface area (Å²) in [6.45, 7) is 0. The van der Waals surface area contributed by atoms with E-state index in [0.717, 1.165) is 5.56 Å². The summed E-state index contributed by atoms with van der Waals surface area (Å²) in [5, 5.41) is 0. The van der Waals surface area contributed by atoms with Crippen molar-refractivity contribution in [3.63, 3.8) is 0 Å². The Morgan fingerprint density at radius 3 is 3.00 bits per heavy atom. The van der Waals surface area contributed by atoms with E-state index in [1.807, 2.05) is 6.07 Å². The third kappa shape index (κ3) is 2.50. The first-order valence-electron chi connectivity index (χ1n) is 6.52. The molecule has 21 heavy (non-hydrogen) atoms. The molecule has 0 spiro atoms. The van der Waals surface area contributed by atoms with Crippen LogP contribution in [0.4, 0.5) is 0 Å². The lowest BCUT2D eigenvalue weighted by atomic mass is 9.97. The third-order valence-electron chi connectivity index (χ3n) is 3.38. The number of hydrogen-bond donors (Lipinski definition) is 0. The maximum atomic E-state index is 12.1. The van der Waals surface area contributed by atoms with E-state index in [1.54, 1.807) is 36.5 Å². The normalized spacial score (nSPS) is 16.8. The highest BCUT2D eigenvalue weighted by Gasteiger charge is 2.28. The zero-order valence-electron chi connectivity index (χ0n) is 11.4. The van der Waals surface area contributed by atoms with E-state index >= 15 is 0 Å². The van der Waals surface area contributed by atoms with Crippen molar-refractivity contribution in [3.05, 3.63) is 59.3 Å². The largest absolute Gasteiger partial charge is 0.468 e. The molecule has 0 saturated heterocycles. The van der Waals surface area contributed by atoms with Crippen molar-refractivity contribution in [1.29, 1.82) is 0 Å². The van der Waals surface area contributed by atoms with Gasteiger partial charge in [0.05, 0.1) is 24.7 Å². The number of rotatable bonds is 2. The number of benzene rings is 1. The maximum Gasteiger partial charge on any atom is 0.337 e. The predicted octanol–water partition coefficient (Wildman–Crippen LogP) is 2.57. The standard InChI is InChI=1S/C16H13NO4/c1-20-16(19)11-5-2-4-10(8-11)14-9-13(18)12-6-3-7-17-15(12)21-14/h2-8,14H,9H2,1H3/t14-/m0/s1. The Balaban J connectivity index is 1.93. The van der Waals surface area contributed by atoms with E-state index in [9.17, 15) is 9.59 Å². The molecule has 3 rings (SSSR count). The molecular weight excluding hydrogens is 270 g/mol. The zero-order valence-corrected chi connectivity index (χ0v) is 11.4. The SMILES string of the molecule is COC(=O)c1cccc([C@@H]2CC(=O)c3cccnc3O2)c1. The Morgan fingerprint density at radius 2 is 2.19 bits per heavy atom. The number of hydrogen-bond acceptors (Lipinski definition) is 5. The molecule has 0 radical (unpaired) electrons. The second-order valence-corrected chi connectivity index (χ2v) is 4.71. The Kier molecular flexibility index (Phi) is 3.39. The van der Waals surface area contributed by atoms with E-state index < -0.39 is 12.1 Å². The number of methoxy groups -OCH3 is 1. The van der Waals surface area contributed by atoms with Gasteiger partial charge >= 0.3 is 5.97 Å². The molecule has 5 nitrogen and oxygen atoms in total. The minimum absolute atomic E-state index is 0.0159. The molecule has 0 bridgehead atoms. The molecule has 0 N–H and O–H groups in total. The van der Waals surface area contributed by atoms with Crippen molar-refractivity contribution >= 4 is 11.8 Å². The number of nitrogens with zero attached hydrogens (tertiary/aromatic N) is 1. The number of esters is 1. The van der Waals surface area contributed by atoms with Crippen LogP contribution in [0.3, 0.4) is 0 Å². The number of aromatic nitrogens is 1. The second kappa shape index (κ2) is 5.36. The van der Waals surface area contributed by atoms with Gasteiger partial charge < -0.3 is 9.47 Å². The predicted molar refractivity (Wildman–Crippen MR) is 74.3 cm³/mol. The molecule has 1 atom stereocenters. The number of fused-ring (bicyclic) bond motifs is 1. The molecule has 0 aliphatic carbocycles. The van der Waals surface area contributed by atoms with Gasteiger partial charge in [-0.2, -0.15) is 0 Å². The van der Waals surface area contributed by atoms with Crippen LogP contribution in [0.15, 0.2) is 42.6 Å². The molecule has 0 amide bonds. The average molecular weight is 283 g/mol. The summed E-state index contributed by atoms with van der Waals surface area (Å²) in [5.41, 5.74) is 1.68. The first-order valence-corrected chi connectivity index (χ1v) is 6.52. The van der Waals surface area contributed by atoms with E-state index in [-0.39, 0.29) is 12.2 Å². The molecule has 0 saturated carbocycles. The second-order valence-electron chi connectivity index (χ2n) is 4.71. The number of Topliss-reactive ketones (excluding diaryl/α,β-unsaturated/α-hetero) is 1. The van der Waals surface area contributed by atoms with Crippen LogP contribution in [-0.4, -0.2) is 23.8 Å². The summed E-state index contributed by atoms with van der Waals surface area (Å²) < 4.78 is 10.5. The highest BCUT2D eigenvalue weighted by Crippen LogP contribution is 2.33. The number of carbonyl (C=O) groups is 2. The maximum absolute atomic E-state index is 12.1. The van der Waals surface area contributed by atoms with Crippen molar-refractivity contribution in [2.45, 2.75) is 12.5 Å². The highest BCUT2D eigenvalue weighted by molar-refractivity contribution is 5.99. The first kappa shape index (κ1) is 13.3. The number of ether oxygens (including phenoxy) is 2. The van der Waals surface area contributed by atoms with Gasteiger partial charge in [0.15, 0.2) is 5.78 Å². The van der Waals surface area contributed by atoms with Crippen molar-refractivity contribution in [2.75, 3.05) is 7.11 Å². The van der Waals surface area contributed by atoms with Crippen molar-refractivity contribution in [3.8, 4) is 5.88 Å². The van der Waals surface area contributed by atoms with Crippen molar-refractivity contribution in [1.82, 2.24) is 4.98 Å². The van der Waals surface area contributed by atoms with Crippen molar-refractivity contribution in [2.24, 2.45) is 0 Å². The monoisotopic (exact) mass is 283 g/mol. The third-order valence-corrected chi connectivity index (χ3v) is 3.38. The summed E-state index contributed by atoms with van der Waals surface area (Å²) in [7, 11) is 1.33. The topological polar surface area (TPSA) is 65.5 Å². The molecule has 106 valence electrons. The van der Waals surface area contributed by atoms with Crippen LogP contribution < -0.4 is 4.74 Å². The van der Waals surface area contributed by atoms with Gasteiger partial charge in [-0.25, -0.2) is 9.78 Å². The van der Waals surface area contributed by atoms with E-state index in [1.165, 1.54) is 7.11 Å². The van der Waals surface area contributed by atoms with Gasteiger partial charge in [0, 0.05) is 6.20 Å². The van der Waals surface area contributed by atoms with Crippen LogP contribution in [0.25, 0.3) is 0 Å².